The lowest BCUT2D eigenvalue weighted by Crippen LogP contribution is -2.27. The smallest absolute Gasteiger partial charge is 0.263 e. The number of hydrogen-bond acceptors (Lipinski definition) is 4. The zero-order valence-corrected chi connectivity index (χ0v) is 12.7. The minimum atomic E-state index is -0.500. The van der Waals surface area contributed by atoms with Crippen LogP contribution in [0.1, 0.15) is 28.7 Å². The molecule has 0 aliphatic rings. The van der Waals surface area contributed by atoms with E-state index in [1.165, 1.54) is 20.2 Å². The first-order chi connectivity index (χ1) is 11.0. The quantitative estimate of drug-likeness (QED) is 0.790. The number of nitrogens with zero attached hydrogens (tertiary/aromatic N) is 1. The molecule has 2 rings (SSSR count). The minimum Gasteiger partial charge on any atom is -0.355 e. The molecule has 0 aliphatic carbocycles. The van der Waals surface area contributed by atoms with E-state index >= 15 is 0 Å². The number of rotatable bonds is 4. The van der Waals surface area contributed by atoms with E-state index in [-0.39, 0.29) is 11.5 Å². The maximum atomic E-state index is 11.8. The number of carbonyl (C=O) groups excluding carboxylic acids is 2. The highest BCUT2D eigenvalue weighted by Gasteiger charge is 2.08. The molecule has 0 bridgehead atoms. The van der Waals surface area contributed by atoms with Gasteiger partial charge in [0.1, 0.15) is 11.4 Å². The van der Waals surface area contributed by atoms with Crippen LogP contribution < -0.4 is 16.2 Å². The summed E-state index contributed by atoms with van der Waals surface area (Å²) in [5.74, 6) is -0.275. The molecule has 0 unspecified atom stereocenters. The highest BCUT2D eigenvalue weighted by atomic mass is 16.2. The Morgan fingerprint density at radius 3 is 2.43 bits per heavy atom. The van der Waals surface area contributed by atoms with Gasteiger partial charge in [-0.2, -0.15) is 0 Å². The molecule has 0 atom stereocenters. The Balaban J connectivity index is 2.14. The third-order valence-electron chi connectivity index (χ3n) is 2.96. The molecule has 1 heterocycles. The van der Waals surface area contributed by atoms with Gasteiger partial charge in [0.05, 0.1) is 0 Å². The molecule has 1 aromatic carbocycles. The van der Waals surface area contributed by atoms with Crippen molar-refractivity contribution in [1.82, 2.24) is 15.3 Å². The molecule has 1 aromatic heterocycles. The molecule has 7 heteroatoms. The Morgan fingerprint density at radius 2 is 1.87 bits per heavy atom. The summed E-state index contributed by atoms with van der Waals surface area (Å²) in [6.07, 6.45) is 4.62. The van der Waals surface area contributed by atoms with Crippen molar-refractivity contribution >= 4 is 29.7 Å². The molecule has 0 saturated heterocycles. The summed E-state index contributed by atoms with van der Waals surface area (Å²) in [5, 5.41) is 5.05. The van der Waals surface area contributed by atoms with Crippen molar-refractivity contribution in [2.75, 3.05) is 12.4 Å². The first kappa shape index (κ1) is 16.2. The number of nitrogens with one attached hydrogen (secondary N) is 3. The molecule has 7 nitrogen and oxygen atoms in total. The maximum Gasteiger partial charge on any atom is 0.263 e. The van der Waals surface area contributed by atoms with E-state index in [2.05, 4.69) is 20.6 Å². The van der Waals surface area contributed by atoms with Crippen molar-refractivity contribution < 1.29 is 9.59 Å². The number of amides is 2. The summed E-state index contributed by atoms with van der Waals surface area (Å²) >= 11 is 0. The van der Waals surface area contributed by atoms with Gasteiger partial charge in [-0.1, -0.05) is 18.2 Å². The average molecular weight is 312 g/mol. The predicted molar refractivity (Wildman–Crippen MR) is 87.9 cm³/mol. The number of aromatic amines is 1. The van der Waals surface area contributed by atoms with Crippen LogP contribution in [0.5, 0.6) is 0 Å². The van der Waals surface area contributed by atoms with Gasteiger partial charge in [-0.15, -0.1) is 0 Å². The maximum absolute atomic E-state index is 11.8. The molecule has 0 radical (unpaired) electrons. The summed E-state index contributed by atoms with van der Waals surface area (Å²) in [6.45, 7) is 1.44. The normalized spacial score (nSPS) is 10.5. The van der Waals surface area contributed by atoms with E-state index in [9.17, 15) is 14.4 Å². The van der Waals surface area contributed by atoms with Gasteiger partial charge in [0, 0.05) is 25.9 Å². The number of carbonyl (C=O) groups is 2. The summed E-state index contributed by atoms with van der Waals surface area (Å²) in [4.78, 5) is 40.7. The number of benzene rings is 1. The number of anilines is 1. The Kier molecular flexibility index (Phi) is 5.03. The summed E-state index contributed by atoms with van der Waals surface area (Å²) in [5.41, 5.74) is 1.04. The Hall–Kier alpha value is -3.22. The van der Waals surface area contributed by atoms with Crippen molar-refractivity contribution in [3.05, 3.63) is 57.8 Å². The van der Waals surface area contributed by atoms with Gasteiger partial charge in [0.25, 0.3) is 11.5 Å². The molecule has 0 fully saturated rings. The zero-order chi connectivity index (χ0) is 16.8. The second-order valence-corrected chi connectivity index (χ2v) is 4.73. The standard InChI is InChI=1S/C16H16N4O3/c1-10(21)19-12-6-3-11(4-7-12)5-8-14-18-9-13(15(22)17-2)16(23)20-14/h3-9H,1-2H3,(H,17,22)(H,19,21)(H,18,20,23). The Labute approximate surface area is 132 Å². The van der Waals surface area contributed by atoms with Crippen LogP contribution in [0.15, 0.2) is 35.3 Å². The summed E-state index contributed by atoms with van der Waals surface area (Å²) in [6, 6.07) is 7.18. The SMILES string of the molecule is CNC(=O)c1cnc(C=Cc2ccc(NC(C)=O)cc2)[nH]c1=O. The highest BCUT2D eigenvalue weighted by Crippen LogP contribution is 2.11. The Morgan fingerprint density at radius 1 is 1.17 bits per heavy atom. The molecule has 118 valence electrons. The van der Waals surface area contributed by atoms with Crippen LogP contribution in [0.2, 0.25) is 0 Å². The molecule has 0 saturated carbocycles. The largest absolute Gasteiger partial charge is 0.355 e. The monoisotopic (exact) mass is 312 g/mol. The van der Waals surface area contributed by atoms with Gasteiger partial charge in [-0.3, -0.25) is 14.4 Å². The van der Waals surface area contributed by atoms with Crippen molar-refractivity contribution in [1.29, 1.82) is 0 Å². The van der Waals surface area contributed by atoms with E-state index in [1.54, 1.807) is 24.3 Å². The molecule has 2 aromatic rings. The van der Waals surface area contributed by atoms with Crippen LogP contribution in [0, 0.1) is 0 Å². The third-order valence-corrected chi connectivity index (χ3v) is 2.96. The van der Waals surface area contributed by atoms with E-state index < -0.39 is 11.5 Å². The lowest BCUT2D eigenvalue weighted by Gasteiger charge is -2.02. The molecule has 0 aliphatic heterocycles. The fourth-order valence-corrected chi connectivity index (χ4v) is 1.85. The molecular formula is C16H16N4O3. The molecule has 0 spiro atoms. The summed E-state index contributed by atoms with van der Waals surface area (Å²) < 4.78 is 0. The fraction of sp³-hybridized carbons (Fsp3) is 0.125. The van der Waals surface area contributed by atoms with Gasteiger partial charge in [0.2, 0.25) is 5.91 Å². The average Bonchev–Trinajstić information content (AvgIpc) is 2.53. The van der Waals surface area contributed by atoms with Crippen LogP contribution in [0.25, 0.3) is 12.2 Å². The van der Waals surface area contributed by atoms with Crippen molar-refractivity contribution in [3.8, 4) is 0 Å². The van der Waals surface area contributed by atoms with Crippen molar-refractivity contribution in [3.63, 3.8) is 0 Å². The predicted octanol–water partition coefficient (Wildman–Crippen LogP) is 1.26. The van der Waals surface area contributed by atoms with Crippen LogP contribution in [-0.4, -0.2) is 28.8 Å². The zero-order valence-electron chi connectivity index (χ0n) is 12.7. The topological polar surface area (TPSA) is 104 Å². The minimum absolute atomic E-state index is 0.0377. The second kappa shape index (κ2) is 7.17. The number of hydrogen-bond donors (Lipinski definition) is 3. The van der Waals surface area contributed by atoms with E-state index in [1.807, 2.05) is 12.1 Å². The van der Waals surface area contributed by atoms with E-state index in [0.29, 0.717) is 11.5 Å². The van der Waals surface area contributed by atoms with E-state index in [4.69, 9.17) is 0 Å². The highest BCUT2D eigenvalue weighted by molar-refractivity contribution is 5.93. The van der Waals surface area contributed by atoms with Gasteiger partial charge in [-0.25, -0.2) is 4.98 Å². The van der Waals surface area contributed by atoms with Gasteiger partial charge < -0.3 is 15.6 Å². The van der Waals surface area contributed by atoms with Gasteiger partial charge >= 0.3 is 0 Å². The molecule has 2 amide bonds. The van der Waals surface area contributed by atoms with Crippen LogP contribution >= 0.6 is 0 Å². The van der Waals surface area contributed by atoms with E-state index in [0.717, 1.165) is 5.56 Å². The fourth-order valence-electron chi connectivity index (χ4n) is 1.85. The molecular weight excluding hydrogens is 296 g/mol. The first-order valence-electron chi connectivity index (χ1n) is 6.86. The van der Waals surface area contributed by atoms with Crippen molar-refractivity contribution in [2.45, 2.75) is 6.92 Å². The molecule has 23 heavy (non-hydrogen) atoms. The van der Waals surface area contributed by atoms with Gasteiger partial charge in [0.15, 0.2) is 0 Å². The first-order valence-corrected chi connectivity index (χ1v) is 6.86. The van der Waals surface area contributed by atoms with Gasteiger partial charge in [-0.05, 0) is 23.8 Å². The van der Waals surface area contributed by atoms with Crippen LogP contribution in [-0.2, 0) is 4.79 Å². The Bertz CT molecular complexity index is 807. The number of H-pyrrole nitrogens is 1. The third kappa shape index (κ3) is 4.37. The van der Waals surface area contributed by atoms with Crippen LogP contribution in [0.4, 0.5) is 5.69 Å². The second-order valence-electron chi connectivity index (χ2n) is 4.73. The summed E-state index contributed by atoms with van der Waals surface area (Å²) in [7, 11) is 1.44. The van der Waals surface area contributed by atoms with Crippen molar-refractivity contribution in [2.24, 2.45) is 0 Å². The molecule has 3 N–H and O–H groups in total. The number of aromatic nitrogens is 2. The lowest BCUT2D eigenvalue weighted by molar-refractivity contribution is -0.114. The van der Waals surface area contributed by atoms with Crippen LogP contribution in [0.3, 0.4) is 0 Å². The lowest BCUT2D eigenvalue weighted by atomic mass is 10.2.